The van der Waals surface area contributed by atoms with Gasteiger partial charge in [0.15, 0.2) is 0 Å². The van der Waals surface area contributed by atoms with E-state index in [1.165, 1.54) is 6.92 Å². The molecule has 3 heteroatoms. The Balaban J connectivity index is 3.49. The minimum Gasteiger partial charge on any atom is -0.436 e. The highest BCUT2D eigenvalue weighted by Gasteiger charge is 2.07. The summed E-state index contributed by atoms with van der Waals surface area (Å²) in [5.74, 6) is -0.304. The van der Waals surface area contributed by atoms with Gasteiger partial charge in [0, 0.05) is 13.3 Å². The van der Waals surface area contributed by atoms with E-state index in [0.29, 0.717) is 6.42 Å². The third-order valence-electron chi connectivity index (χ3n) is 1.05. The highest BCUT2D eigenvalue weighted by atomic mass is 16.7. The van der Waals surface area contributed by atoms with Gasteiger partial charge in [-0.05, 0) is 6.42 Å². The summed E-state index contributed by atoms with van der Waals surface area (Å²) in [7, 11) is 0. The molecule has 0 saturated heterocycles. The Morgan fingerprint density at radius 3 is 2.55 bits per heavy atom. The molecule has 0 aromatic carbocycles. The first-order valence-electron chi connectivity index (χ1n) is 3.85. The van der Waals surface area contributed by atoms with E-state index in [1.807, 2.05) is 13.8 Å². The molecule has 1 radical (unpaired) electrons. The van der Waals surface area contributed by atoms with Crippen LogP contribution in [0.1, 0.15) is 33.6 Å². The number of ether oxygens (including phenoxy) is 2. The molecule has 0 fully saturated rings. The van der Waals surface area contributed by atoms with Gasteiger partial charge in [0.25, 0.3) is 0 Å². The number of carbonyl (C=O) groups excluding carboxylic acids is 1. The van der Waals surface area contributed by atoms with Crippen LogP contribution < -0.4 is 0 Å². The molecule has 1 unspecified atom stereocenters. The Morgan fingerprint density at radius 1 is 1.55 bits per heavy atom. The zero-order valence-electron chi connectivity index (χ0n) is 7.29. The largest absolute Gasteiger partial charge is 0.436 e. The van der Waals surface area contributed by atoms with Crippen LogP contribution in [0, 0.1) is 6.61 Å². The molecule has 0 aromatic heterocycles. The first-order chi connectivity index (χ1) is 5.20. The molecule has 0 rings (SSSR count). The van der Waals surface area contributed by atoms with Crippen molar-refractivity contribution in [2.24, 2.45) is 0 Å². The fraction of sp³-hybridized carbons (Fsp3) is 0.750. The van der Waals surface area contributed by atoms with Crippen LogP contribution in [0.2, 0.25) is 0 Å². The third kappa shape index (κ3) is 5.85. The van der Waals surface area contributed by atoms with Crippen molar-refractivity contribution in [2.75, 3.05) is 0 Å². The molecule has 0 aromatic rings. The number of rotatable bonds is 5. The van der Waals surface area contributed by atoms with Crippen molar-refractivity contribution in [1.82, 2.24) is 0 Å². The van der Waals surface area contributed by atoms with Gasteiger partial charge in [-0.15, -0.1) is 0 Å². The minimum atomic E-state index is -0.410. The molecule has 11 heavy (non-hydrogen) atoms. The minimum absolute atomic E-state index is 0.304. The van der Waals surface area contributed by atoms with Gasteiger partial charge in [0.05, 0.1) is 6.61 Å². The summed E-state index contributed by atoms with van der Waals surface area (Å²) in [4.78, 5) is 10.5. The van der Waals surface area contributed by atoms with Crippen molar-refractivity contribution in [3.8, 4) is 0 Å². The van der Waals surface area contributed by atoms with E-state index in [2.05, 4.69) is 0 Å². The van der Waals surface area contributed by atoms with Gasteiger partial charge in [0.1, 0.15) is 0 Å². The highest BCUT2D eigenvalue weighted by molar-refractivity contribution is 5.66. The van der Waals surface area contributed by atoms with Crippen molar-refractivity contribution in [3.63, 3.8) is 0 Å². The third-order valence-corrected chi connectivity index (χ3v) is 1.05. The number of esters is 1. The highest BCUT2D eigenvalue weighted by Crippen LogP contribution is 2.03. The van der Waals surface area contributed by atoms with Crippen LogP contribution in [0.3, 0.4) is 0 Å². The second-order valence-electron chi connectivity index (χ2n) is 2.16. The summed E-state index contributed by atoms with van der Waals surface area (Å²) >= 11 is 0. The molecule has 0 saturated carbocycles. The Bertz CT molecular complexity index is 112. The molecular weight excluding hydrogens is 144 g/mol. The first kappa shape index (κ1) is 10.4. The molecular formula is C8H15O3. The SMILES string of the molecule is CC[CH]OC(CC)OC(C)=O. The van der Waals surface area contributed by atoms with E-state index >= 15 is 0 Å². The quantitative estimate of drug-likeness (QED) is 0.454. The van der Waals surface area contributed by atoms with Gasteiger partial charge < -0.3 is 9.47 Å². The number of carbonyl (C=O) groups is 1. The molecule has 0 N–H and O–H groups in total. The average molecular weight is 159 g/mol. The fourth-order valence-corrected chi connectivity index (χ4v) is 0.596. The number of hydrogen-bond donors (Lipinski definition) is 0. The van der Waals surface area contributed by atoms with Crippen molar-refractivity contribution in [2.45, 2.75) is 39.9 Å². The molecule has 0 amide bonds. The summed E-state index contributed by atoms with van der Waals surface area (Å²) in [6, 6.07) is 0. The smallest absolute Gasteiger partial charge is 0.304 e. The molecule has 0 spiro atoms. The molecule has 0 heterocycles. The van der Waals surface area contributed by atoms with Crippen molar-refractivity contribution in [1.29, 1.82) is 0 Å². The molecule has 0 aliphatic carbocycles. The average Bonchev–Trinajstić information content (AvgIpc) is 1.97. The van der Waals surface area contributed by atoms with Gasteiger partial charge in [-0.25, -0.2) is 0 Å². The van der Waals surface area contributed by atoms with E-state index in [1.54, 1.807) is 6.61 Å². The first-order valence-corrected chi connectivity index (χ1v) is 3.85. The zero-order chi connectivity index (χ0) is 8.69. The Kier molecular flexibility index (Phi) is 5.84. The number of hydrogen-bond acceptors (Lipinski definition) is 3. The molecule has 1 atom stereocenters. The molecule has 0 aliphatic rings. The van der Waals surface area contributed by atoms with Gasteiger partial charge in [0.2, 0.25) is 6.29 Å². The fourth-order valence-electron chi connectivity index (χ4n) is 0.596. The molecule has 0 aliphatic heterocycles. The van der Waals surface area contributed by atoms with E-state index in [0.717, 1.165) is 6.42 Å². The summed E-state index contributed by atoms with van der Waals surface area (Å²) in [5.41, 5.74) is 0. The normalized spacial score (nSPS) is 12.6. The lowest BCUT2D eigenvalue weighted by atomic mass is 10.4. The van der Waals surface area contributed by atoms with E-state index in [4.69, 9.17) is 9.47 Å². The second-order valence-corrected chi connectivity index (χ2v) is 2.16. The van der Waals surface area contributed by atoms with Gasteiger partial charge in [-0.3, -0.25) is 4.79 Å². The Hall–Kier alpha value is -0.570. The lowest BCUT2D eigenvalue weighted by Gasteiger charge is -2.14. The lowest BCUT2D eigenvalue weighted by molar-refractivity contribution is -0.170. The maximum absolute atomic E-state index is 10.5. The van der Waals surface area contributed by atoms with Crippen LogP contribution in [-0.2, 0) is 14.3 Å². The van der Waals surface area contributed by atoms with Crippen molar-refractivity contribution < 1.29 is 14.3 Å². The second kappa shape index (κ2) is 6.16. The van der Waals surface area contributed by atoms with Crippen molar-refractivity contribution in [3.05, 3.63) is 6.61 Å². The predicted molar refractivity (Wildman–Crippen MR) is 41.5 cm³/mol. The summed E-state index contributed by atoms with van der Waals surface area (Å²) in [5, 5.41) is 0. The van der Waals surface area contributed by atoms with Gasteiger partial charge in [-0.2, -0.15) is 0 Å². The van der Waals surface area contributed by atoms with E-state index in [-0.39, 0.29) is 5.97 Å². The van der Waals surface area contributed by atoms with Crippen LogP contribution in [0.5, 0.6) is 0 Å². The Labute approximate surface area is 67.7 Å². The molecule has 65 valence electrons. The predicted octanol–water partition coefficient (Wildman–Crippen LogP) is 1.87. The molecule has 3 nitrogen and oxygen atoms in total. The summed E-state index contributed by atoms with van der Waals surface area (Å²) in [6.45, 7) is 6.87. The zero-order valence-corrected chi connectivity index (χ0v) is 7.29. The van der Waals surface area contributed by atoms with E-state index in [9.17, 15) is 4.79 Å². The lowest BCUT2D eigenvalue weighted by Crippen LogP contribution is -2.17. The van der Waals surface area contributed by atoms with E-state index < -0.39 is 6.29 Å². The van der Waals surface area contributed by atoms with Crippen LogP contribution in [0.15, 0.2) is 0 Å². The molecule has 0 bridgehead atoms. The van der Waals surface area contributed by atoms with Crippen LogP contribution >= 0.6 is 0 Å². The van der Waals surface area contributed by atoms with Crippen LogP contribution in [-0.4, -0.2) is 12.3 Å². The summed E-state index contributed by atoms with van der Waals surface area (Å²) in [6.07, 6.45) is 1.08. The van der Waals surface area contributed by atoms with Crippen LogP contribution in [0.4, 0.5) is 0 Å². The van der Waals surface area contributed by atoms with Crippen molar-refractivity contribution >= 4 is 5.97 Å². The standard InChI is InChI=1S/C8H15O3/c1-4-6-10-8(5-2)11-7(3)9/h6,8H,4-5H2,1-3H3. The maximum Gasteiger partial charge on any atom is 0.304 e. The maximum atomic E-state index is 10.5. The van der Waals surface area contributed by atoms with Crippen LogP contribution in [0.25, 0.3) is 0 Å². The van der Waals surface area contributed by atoms with Gasteiger partial charge >= 0.3 is 5.97 Å². The monoisotopic (exact) mass is 159 g/mol. The van der Waals surface area contributed by atoms with Gasteiger partial charge in [-0.1, -0.05) is 13.8 Å². The summed E-state index contributed by atoms with van der Waals surface area (Å²) < 4.78 is 9.89. The topological polar surface area (TPSA) is 35.5 Å². The Morgan fingerprint density at radius 2 is 2.18 bits per heavy atom.